The van der Waals surface area contributed by atoms with Crippen molar-refractivity contribution in [1.82, 2.24) is 4.90 Å². The molecule has 1 aliphatic heterocycles. The van der Waals surface area contributed by atoms with Crippen LogP contribution in [0.5, 0.6) is 0 Å². The Morgan fingerprint density at radius 1 is 1.43 bits per heavy atom. The molecule has 0 saturated carbocycles. The third kappa shape index (κ3) is 2.59. The lowest BCUT2D eigenvalue weighted by molar-refractivity contribution is 0.153. The lowest BCUT2D eigenvalue weighted by Gasteiger charge is -2.17. The van der Waals surface area contributed by atoms with Crippen LogP contribution in [-0.2, 0) is 6.54 Å². The number of aliphatic hydroxyl groups is 1. The van der Waals surface area contributed by atoms with Crippen LogP contribution in [0.3, 0.4) is 0 Å². The summed E-state index contributed by atoms with van der Waals surface area (Å²) in [6, 6.07) is 3.92. The van der Waals surface area contributed by atoms with E-state index < -0.39 is 0 Å². The zero-order chi connectivity index (χ0) is 9.80. The summed E-state index contributed by atoms with van der Waals surface area (Å²) in [5.74, 6) is 1.02. The molecular weight excluding hydrogens is 178 g/mol. The fourth-order valence-corrected chi connectivity index (χ4v) is 1.92. The first-order valence-electron chi connectivity index (χ1n) is 5.27. The lowest BCUT2D eigenvalue weighted by Crippen LogP contribution is -2.24. The lowest BCUT2D eigenvalue weighted by atomic mass is 10.2. The van der Waals surface area contributed by atoms with Gasteiger partial charge in [-0.05, 0) is 37.9 Å². The van der Waals surface area contributed by atoms with Gasteiger partial charge in [0.2, 0.25) is 0 Å². The van der Waals surface area contributed by atoms with Crippen molar-refractivity contribution in [3.63, 3.8) is 0 Å². The Kier molecular flexibility index (Phi) is 3.22. The van der Waals surface area contributed by atoms with Crippen LogP contribution in [0.25, 0.3) is 0 Å². The maximum Gasteiger partial charge on any atom is 0.117 e. The summed E-state index contributed by atoms with van der Waals surface area (Å²) in [6.45, 7) is 2.92. The summed E-state index contributed by atoms with van der Waals surface area (Å²) in [6.07, 6.45) is 4.52. The van der Waals surface area contributed by atoms with Gasteiger partial charge in [0, 0.05) is 6.54 Å². The van der Waals surface area contributed by atoms with Crippen LogP contribution in [0.15, 0.2) is 22.8 Å². The van der Waals surface area contributed by atoms with E-state index in [2.05, 4.69) is 4.90 Å². The Labute approximate surface area is 84.3 Å². The Balaban J connectivity index is 1.86. The molecule has 1 atom stereocenters. The highest BCUT2D eigenvalue weighted by Gasteiger charge is 2.15. The van der Waals surface area contributed by atoms with Gasteiger partial charge >= 0.3 is 0 Å². The second-order valence-corrected chi connectivity index (χ2v) is 3.94. The number of hydrogen-bond donors (Lipinski definition) is 1. The van der Waals surface area contributed by atoms with Crippen molar-refractivity contribution in [1.29, 1.82) is 0 Å². The molecule has 1 unspecified atom stereocenters. The molecule has 0 bridgehead atoms. The number of furan rings is 1. The van der Waals surface area contributed by atoms with E-state index in [9.17, 15) is 5.11 Å². The van der Waals surface area contributed by atoms with Crippen LogP contribution >= 0.6 is 0 Å². The Morgan fingerprint density at radius 3 is 3.14 bits per heavy atom. The summed E-state index contributed by atoms with van der Waals surface area (Å²) in [5.41, 5.74) is 0. The molecule has 1 saturated heterocycles. The molecule has 0 aliphatic carbocycles. The second-order valence-electron chi connectivity index (χ2n) is 3.94. The molecule has 1 aliphatic rings. The molecular formula is C11H17NO2. The summed E-state index contributed by atoms with van der Waals surface area (Å²) in [7, 11) is 0. The summed E-state index contributed by atoms with van der Waals surface area (Å²) in [4.78, 5) is 2.34. The highest BCUT2D eigenvalue weighted by Crippen LogP contribution is 2.13. The molecule has 1 aromatic rings. The first kappa shape index (κ1) is 9.74. The van der Waals surface area contributed by atoms with Crippen molar-refractivity contribution in [3.05, 3.63) is 24.2 Å². The van der Waals surface area contributed by atoms with Crippen molar-refractivity contribution >= 4 is 0 Å². The summed E-state index contributed by atoms with van der Waals surface area (Å²) >= 11 is 0. The van der Waals surface area contributed by atoms with Gasteiger partial charge in [-0.15, -0.1) is 0 Å². The maximum atomic E-state index is 9.48. The van der Waals surface area contributed by atoms with E-state index in [1.54, 1.807) is 6.26 Å². The van der Waals surface area contributed by atoms with Crippen molar-refractivity contribution in [3.8, 4) is 0 Å². The highest BCUT2D eigenvalue weighted by molar-refractivity contribution is 4.97. The van der Waals surface area contributed by atoms with E-state index >= 15 is 0 Å². The van der Waals surface area contributed by atoms with Crippen LogP contribution in [-0.4, -0.2) is 29.2 Å². The number of hydrogen-bond acceptors (Lipinski definition) is 3. The molecule has 0 amide bonds. The zero-order valence-electron chi connectivity index (χ0n) is 8.35. The SMILES string of the molecule is OC1CCCN(Cc2ccco2)CC1. The van der Waals surface area contributed by atoms with Crippen LogP contribution in [0.4, 0.5) is 0 Å². The molecule has 1 fully saturated rings. The van der Waals surface area contributed by atoms with Gasteiger partial charge in [0.15, 0.2) is 0 Å². The fraction of sp³-hybridized carbons (Fsp3) is 0.636. The van der Waals surface area contributed by atoms with Crippen LogP contribution in [0, 0.1) is 0 Å². The number of aliphatic hydroxyl groups excluding tert-OH is 1. The smallest absolute Gasteiger partial charge is 0.117 e. The van der Waals surface area contributed by atoms with Gasteiger partial charge in [0.25, 0.3) is 0 Å². The summed E-state index contributed by atoms with van der Waals surface area (Å²) < 4.78 is 5.30. The van der Waals surface area contributed by atoms with Gasteiger partial charge in [-0.3, -0.25) is 4.90 Å². The Morgan fingerprint density at radius 2 is 2.36 bits per heavy atom. The van der Waals surface area contributed by atoms with Gasteiger partial charge < -0.3 is 9.52 Å². The molecule has 0 aromatic carbocycles. The molecule has 1 aromatic heterocycles. The first-order chi connectivity index (χ1) is 6.84. The van der Waals surface area contributed by atoms with Crippen molar-refractivity contribution in [2.45, 2.75) is 31.9 Å². The molecule has 2 heterocycles. The predicted octanol–water partition coefficient (Wildman–Crippen LogP) is 1.63. The second kappa shape index (κ2) is 4.62. The molecule has 78 valence electrons. The van der Waals surface area contributed by atoms with Crippen LogP contribution < -0.4 is 0 Å². The van der Waals surface area contributed by atoms with Crippen LogP contribution in [0.1, 0.15) is 25.0 Å². The van der Waals surface area contributed by atoms with Gasteiger partial charge in [-0.2, -0.15) is 0 Å². The summed E-state index contributed by atoms with van der Waals surface area (Å²) in [5, 5.41) is 9.48. The highest BCUT2D eigenvalue weighted by atomic mass is 16.3. The third-order valence-corrected chi connectivity index (χ3v) is 2.75. The maximum absolute atomic E-state index is 9.48. The van der Waals surface area contributed by atoms with Crippen molar-refractivity contribution in [2.75, 3.05) is 13.1 Å². The van der Waals surface area contributed by atoms with Crippen LogP contribution in [0.2, 0.25) is 0 Å². The van der Waals surface area contributed by atoms with E-state index in [0.29, 0.717) is 0 Å². The van der Waals surface area contributed by atoms with E-state index in [1.807, 2.05) is 12.1 Å². The minimum atomic E-state index is -0.100. The molecule has 0 radical (unpaired) electrons. The van der Waals surface area contributed by atoms with Crippen molar-refractivity contribution in [2.24, 2.45) is 0 Å². The Bertz CT molecular complexity index is 258. The van der Waals surface area contributed by atoms with Gasteiger partial charge in [0.1, 0.15) is 5.76 Å². The normalized spacial score (nSPS) is 24.8. The molecule has 3 nitrogen and oxygen atoms in total. The monoisotopic (exact) mass is 195 g/mol. The average molecular weight is 195 g/mol. The minimum absolute atomic E-state index is 0.100. The largest absolute Gasteiger partial charge is 0.468 e. The van der Waals surface area contributed by atoms with E-state index in [-0.39, 0.29) is 6.10 Å². The fourth-order valence-electron chi connectivity index (χ4n) is 1.92. The Hall–Kier alpha value is -0.800. The predicted molar refractivity (Wildman–Crippen MR) is 53.8 cm³/mol. The standard InChI is InChI=1S/C11H17NO2/c13-10-3-1-6-12(7-5-10)9-11-4-2-8-14-11/h2,4,8,10,13H,1,3,5-7,9H2. The first-order valence-corrected chi connectivity index (χ1v) is 5.27. The molecule has 0 spiro atoms. The quantitative estimate of drug-likeness (QED) is 0.779. The number of likely N-dealkylation sites (tertiary alicyclic amines) is 1. The minimum Gasteiger partial charge on any atom is -0.468 e. The van der Waals surface area contributed by atoms with E-state index in [1.165, 1.54) is 0 Å². The molecule has 2 rings (SSSR count). The van der Waals surface area contributed by atoms with Gasteiger partial charge in [-0.25, -0.2) is 0 Å². The zero-order valence-corrected chi connectivity index (χ0v) is 8.35. The van der Waals surface area contributed by atoms with Gasteiger partial charge in [0.05, 0.1) is 18.9 Å². The average Bonchev–Trinajstić information content (AvgIpc) is 2.58. The number of rotatable bonds is 2. The molecule has 1 N–H and O–H groups in total. The molecule has 3 heteroatoms. The van der Waals surface area contributed by atoms with E-state index in [0.717, 1.165) is 44.7 Å². The number of nitrogens with zero attached hydrogens (tertiary/aromatic N) is 1. The van der Waals surface area contributed by atoms with E-state index in [4.69, 9.17) is 4.42 Å². The van der Waals surface area contributed by atoms with Gasteiger partial charge in [-0.1, -0.05) is 0 Å². The topological polar surface area (TPSA) is 36.6 Å². The molecule has 14 heavy (non-hydrogen) atoms. The third-order valence-electron chi connectivity index (χ3n) is 2.75. The van der Waals surface area contributed by atoms with Crippen molar-refractivity contribution < 1.29 is 9.52 Å².